The third kappa shape index (κ3) is 2.35. The predicted molar refractivity (Wildman–Crippen MR) is 74.7 cm³/mol. The molecule has 0 saturated heterocycles. The van der Waals surface area contributed by atoms with Gasteiger partial charge in [0, 0.05) is 11.3 Å². The van der Waals surface area contributed by atoms with Gasteiger partial charge in [-0.1, -0.05) is 11.6 Å². The maximum atomic E-state index is 12.8. The van der Waals surface area contributed by atoms with E-state index in [0.717, 1.165) is 18.6 Å². The molecule has 0 unspecified atom stereocenters. The zero-order chi connectivity index (χ0) is 16.1. The lowest BCUT2D eigenvalue weighted by Crippen LogP contribution is -2.36. The summed E-state index contributed by atoms with van der Waals surface area (Å²) in [5, 5.41) is -0.0986. The fourth-order valence-electron chi connectivity index (χ4n) is 2.61. The second-order valence-electron chi connectivity index (χ2n) is 5.05. The molecule has 0 atom stereocenters. The smallest absolute Gasteiger partial charge is 0.310 e. The van der Waals surface area contributed by atoms with Gasteiger partial charge in [0.2, 0.25) is 0 Å². The molecule has 8 heteroatoms. The summed E-state index contributed by atoms with van der Waals surface area (Å²) < 4.78 is 39.1. The van der Waals surface area contributed by atoms with Crippen LogP contribution in [0.2, 0.25) is 5.02 Å². The summed E-state index contributed by atoms with van der Waals surface area (Å²) in [6.07, 6.45) is -2.80. The summed E-state index contributed by atoms with van der Waals surface area (Å²) in [5.41, 5.74) is -1.66. The van der Waals surface area contributed by atoms with Gasteiger partial charge in [-0.25, -0.2) is 9.36 Å². The van der Waals surface area contributed by atoms with Crippen LogP contribution in [0.3, 0.4) is 0 Å². The van der Waals surface area contributed by atoms with E-state index in [4.69, 9.17) is 11.6 Å². The average Bonchev–Trinajstić information content (AvgIpc) is 2.87. The minimum atomic E-state index is -4.59. The number of rotatable bonds is 1. The Bertz CT molecular complexity index is 868. The van der Waals surface area contributed by atoms with Gasteiger partial charge >= 0.3 is 11.9 Å². The molecule has 1 N–H and O–H groups in total. The summed E-state index contributed by atoms with van der Waals surface area (Å²) in [7, 11) is 0. The van der Waals surface area contributed by atoms with E-state index in [1.807, 2.05) is 0 Å². The summed E-state index contributed by atoms with van der Waals surface area (Å²) in [6, 6.07) is 2.54. The van der Waals surface area contributed by atoms with Crippen molar-refractivity contribution in [3.8, 4) is 5.69 Å². The molecule has 0 radical (unpaired) electrons. The van der Waals surface area contributed by atoms with Crippen LogP contribution < -0.4 is 11.2 Å². The van der Waals surface area contributed by atoms with E-state index < -0.39 is 23.0 Å². The van der Waals surface area contributed by atoms with Gasteiger partial charge in [0.1, 0.15) is 0 Å². The molecule has 1 aliphatic carbocycles. The molecule has 0 fully saturated rings. The molecular weight excluding hydrogens is 321 g/mol. The maximum Gasteiger partial charge on any atom is 0.416 e. The average molecular weight is 331 g/mol. The first-order valence-corrected chi connectivity index (χ1v) is 6.91. The fraction of sp³-hybridized carbons (Fsp3) is 0.286. The van der Waals surface area contributed by atoms with Crippen molar-refractivity contribution >= 4 is 11.6 Å². The van der Waals surface area contributed by atoms with Crippen molar-refractivity contribution in [3.63, 3.8) is 0 Å². The Balaban J connectivity index is 2.29. The second kappa shape index (κ2) is 5.01. The largest absolute Gasteiger partial charge is 0.416 e. The number of halogens is 4. The lowest BCUT2D eigenvalue weighted by atomic mass is 10.2. The van der Waals surface area contributed by atoms with E-state index in [9.17, 15) is 22.8 Å². The number of aromatic nitrogens is 2. The summed E-state index contributed by atoms with van der Waals surface area (Å²) in [6.45, 7) is 0. The molecule has 116 valence electrons. The highest BCUT2D eigenvalue weighted by Crippen LogP contribution is 2.32. The number of fused-ring (bicyclic) bond motifs is 1. The molecule has 1 aliphatic rings. The minimum Gasteiger partial charge on any atom is -0.310 e. The molecule has 0 spiro atoms. The number of hydrogen-bond acceptors (Lipinski definition) is 2. The number of H-pyrrole nitrogens is 1. The Morgan fingerprint density at radius 2 is 1.91 bits per heavy atom. The molecule has 0 aliphatic heterocycles. The predicted octanol–water partition coefficient (Wildman–Crippen LogP) is 2.69. The van der Waals surface area contributed by atoms with Crippen molar-refractivity contribution in [1.82, 2.24) is 9.55 Å². The van der Waals surface area contributed by atoms with Crippen LogP contribution in [0.25, 0.3) is 5.69 Å². The molecule has 1 heterocycles. The Hall–Kier alpha value is -2.02. The molecular formula is C14H10ClF3N2O2. The second-order valence-corrected chi connectivity index (χ2v) is 5.45. The molecule has 4 nitrogen and oxygen atoms in total. The van der Waals surface area contributed by atoms with Gasteiger partial charge < -0.3 is 4.98 Å². The van der Waals surface area contributed by atoms with Crippen LogP contribution >= 0.6 is 11.6 Å². The van der Waals surface area contributed by atoms with Crippen LogP contribution in [0, 0.1) is 0 Å². The lowest BCUT2D eigenvalue weighted by molar-refractivity contribution is -0.137. The van der Waals surface area contributed by atoms with E-state index in [1.165, 1.54) is 0 Å². The molecule has 1 aromatic carbocycles. The van der Waals surface area contributed by atoms with E-state index >= 15 is 0 Å². The van der Waals surface area contributed by atoms with Crippen LogP contribution in [-0.2, 0) is 19.0 Å². The van der Waals surface area contributed by atoms with Crippen molar-refractivity contribution in [1.29, 1.82) is 0 Å². The zero-order valence-corrected chi connectivity index (χ0v) is 11.9. The lowest BCUT2D eigenvalue weighted by Gasteiger charge is -2.12. The number of nitrogens with one attached hydrogen (secondary N) is 1. The number of alkyl halides is 3. The summed E-state index contributed by atoms with van der Waals surface area (Å²) in [5.74, 6) is 0. The highest BCUT2D eigenvalue weighted by molar-refractivity contribution is 6.32. The molecule has 2 aromatic rings. The van der Waals surface area contributed by atoms with Gasteiger partial charge in [-0.3, -0.25) is 4.79 Å². The molecule has 0 amide bonds. The van der Waals surface area contributed by atoms with Gasteiger partial charge in [0.15, 0.2) is 0 Å². The highest BCUT2D eigenvalue weighted by atomic mass is 35.5. The minimum absolute atomic E-state index is 0.0986. The van der Waals surface area contributed by atoms with Crippen molar-refractivity contribution in [2.45, 2.75) is 25.4 Å². The van der Waals surface area contributed by atoms with Gasteiger partial charge in [0.05, 0.1) is 16.3 Å². The van der Waals surface area contributed by atoms with Crippen molar-refractivity contribution < 1.29 is 13.2 Å². The third-order valence-corrected chi connectivity index (χ3v) is 3.97. The maximum absolute atomic E-state index is 12.8. The van der Waals surface area contributed by atoms with Crippen molar-refractivity contribution in [2.24, 2.45) is 0 Å². The molecule has 0 saturated carbocycles. The van der Waals surface area contributed by atoms with E-state index in [2.05, 4.69) is 4.98 Å². The van der Waals surface area contributed by atoms with Crippen LogP contribution in [0.4, 0.5) is 13.2 Å². The Morgan fingerprint density at radius 1 is 1.18 bits per heavy atom. The monoisotopic (exact) mass is 330 g/mol. The Labute approximate surface area is 127 Å². The van der Waals surface area contributed by atoms with Gasteiger partial charge in [-0.15, -0.1) is 0 Å². The van der Waals surface area contributed by atoms with Crippen molar-refractivity contribution in [3.05, 3.63) is 60.9 Å². The zero-order valence-electron chi connectivity index (χ0n) is 11.1. The van der Waals surface area contributed by atoms with Crippen LogP contribution in [0.1, 0.15) is 23.2 Å². The normalized spacial score (nSPS) is 14.2. The Kier molecular flexibility index (Phi) is 3.40. The number of hydrogen-bond donors (Lipinski definition) is 1. The topological polar surface area (TPSA) is 54.9 Å². The van der Waals surface area contributed by atoms with Gasteiger partial charge in [-0.05, 0) is 37.5 Å². The van der Waals surface area contributed by atoms with Crippen molar-refractivity contribution in [2.75, 3.05) is 0 Å². The SMILES string of the molecule is O=c1[nH]c2c(c(=O)n1-c1cc(C(F)(F)F)ccc1Cl)CCC2. The fourth-order valence-corrected chi connectivity index (χ4v) is 2.81. The number of benzene rings is 1. The Morgan fingerprint density at radius 3 is 2.59 bits per heavy atom. The molecule has 22 heavy (non-hydrogen) atoms. The molecule has 0 bridgehead atoms. The number of aryl methyl sites for hydroxylation is 1. The van der Waals surface area contributed by atoms with E-state index in [1.54, 1.807) is 0 Å². The summed E-state index contributed by atoms with van der Waals surface area (Å²) in [4.78, 5) is 27.0. The van der Waals surface area contributed by atoms with Crippen LogP contribution in [-0.4, -0.2) is 9.55 Å². The van der Waals surface area contributed by atoms with Crippen LogP contribution in [0.15, 0.2) is 27.8 Å². The van der Waals surface area contributed by atoms with Gasteiger partial charge in [-0.2, -0.15) is 13.2 Å². The molecule has 3 rings (SSSR count). The standard InChI is InChI=1S/C14H10ClF3N2O2/c15-9-5-4-7(14(16,17)18)6-11(9)20-12(21)8-2-1-3-10(8)19-13(20)22/h4-6H,1-3H2,(H,19,22). The first-order chi connectivity index (χ1) is 10.3. The number of nitrogens with zero attached hydrogens (tertiary/aromatic N) is 1. The first-order valence-electron chi connectivity index (χ1n) is 6.53. The third-order valence-electron chi connectivity index (χ3n) is 3.65. The molecule has 1 aromatic heterocycles. The highest BCUT2D eigenvalue weighted by Gasteiger charge is 2.31. The van der Waals surface area contributed by atoms with E-state index in [-0.39, 0.29) is 10.7 Å². The van der Waals surface area contributed by atoms with Crippen LogP contribution in [0.5, 0.6) is 0 Å². The number of aromatic amines is 1. The van der Waals surface area contributed by atoms with Gasteiger partial charge in [0.25, 0.3) is 5.56 Å². The first kappa shape index (κ1) is 14.9. The quantitative estimate of drug-likeness (QED) is 0.874. The summed E-state index contributed by atoms with van der Waals surface area (Å²) >= 11 is 5.90. The van der Waals surface area contributed by atoms with E-state index in [0.29, 0.717) is 34.7 Å².